The number of fused-ring (bicyclic) bond motifs is 1. The molecule has 2 aromatic rings. The number of carbonyl (C=O) groups is 2. The maximum atomic E-state index is 12.7. The van der Waals surface area contributed by atoms with Crippen LogP contribution in [0.2, 0.25) is 0 Å². The highest BCUT2D eigenvalue weighted by Gasteiger charge is 2.31. The van der Waals surface area contributed by atoms with Crippen molar-refractivity contribution in [3.63, 3.8) is 0 Å². The number of ether oxygens (including phenoxy) is 2. The zero-order chi connectivity index (χ0) is 18.8. The molecule has 4 heteroatoms. The van der Waals surface area contributed by atoms with E-state index < -0.39 is 0 Å². The number of hydrogen-bond acceptors (Lipinski definition) is 4. The van der Waals surface area contributed by atoms with Crippen LogP contribution in [0, 0.1) is 12.8 Å². The summed E-state index contributed by atoms with van der Waals surface area (Å²) in [6, 6.07) is 13.0. The van der Waals surface area contributed by atoms with Gasteiger partial charge >= 0.3 is 5.97 Å². The molecule has 138 valence electrons. The average molecular weight is 362 g/mol. The van der Waals surface area contributed by atoms with Crippen LogP contribution < -0.4 is 9.47 Å². The van der Waals surface area contributed by atoms with Crippen LogP contribution in [-0.2, 0) is 4.79 Å². The van der Waals surface area contributed by atoms with Gasteiger partial charge in [-0.25, -0.2) is 0 Å². The lowest BCUT2D eigenvalue weighted by Crippen LogP contribution is -2.22. The topological polar surface area (TPSA) is 52.6 Å². The molecule has 0 spiro atoms. The first-order valence-corrected chi connectivity index (χ1v) is 9.47. The third kappa shape index (κ3) is 3.65. The standard InChI is InChI=1S/C23H22O4/c1-15-12-18(26-23(25)17-10-6-3-7-11-17)14-19-21(15)22(24)20(27-19)13-16-8-4-2-5-9-16/h2,4-5,8-9,12-14,17H,3,6-7,10-11H2,1H3/b20-13-. The zero-order valence-electron chi connectivity index (χ0n) is 15.4. The molecule has 0 N–H and O–H groups in total. The lowest BCUT2D eigenvalue weighted by atomic mass is 9.89. The highest BCUT2D eigenvalue weighted by Crippen LogP contribution is 2.38. The van der Waals surface area contributed by atoms with Crippen molar-refractivity contribution in [3.05, 3.63) is 64.9 Å². The van der Waals surface area contributed by atoms with Gasteiger partial charge in [-0.2, -0.15) is 0 Å². The van der Waals surface area contributed by atoms with E-state index in [4.69, 9.17) is 9.47 Å². The molecular formula is C23H22O4. The fourth-order valence-corrected chi connectivity index (χ4v) is 3.77. The summed E-state index contributed by atoms with van der Waals surface area (Å²) in [6.07, 6.45) is 6.86. The van der Waals surface area contributed by atoms with Crippen LogP contribution in [0.3, 0.4) is 0 Å². The Hall–Kier alpha value is -2.88. The van der Waals surface area contributed by atoms with Gasteiger partial charge in [-0.05, 0) is 43.0 Å². The molecule has 0 amide bonds. The summed E-state index contributed by atoms with van der Waals surface area (Å²) < 4.78 is 11.4. The molecule has 1 saturated carbocycles. The average Bonchev–Trinajstić information content (AvgIpc) is 2.99. The lowest BCUT2D eigenvalue weighted by molar-refractivity contribution is -0.139. The zero-order valence-corrected chi connectivity index (χ0v) is 15.4. The summed E-state index contributed by atoms with van der Waals surface area (Å²) in [5.74, 6) is 0.831. The molecule has 0 aromatic heterocycles. The van der Waals surface area contributed by atoms with Crippen LogP contribution in [0.5, 0.6) is 11.5 Å². The van der Waals surface area contributed by atoms with Crippen molar-refractivity contribution in [2.24, 2.45) is 5.92 Å². The number of rotatable bonds is 3. The van der Waals surface area contributed by atoms with E-state index >= 15 is 0 Å². The fraction of sp³-hybridized carbons (Fsp3) is 0.304. The summed E-state index contributed by atoms with van der Waals surface area (Å²) >= 11 is 0. The van der Waals surface area contributed by atoms with E-state index in [-0.39, 0.29) is 23.4 Å². The number of esters is 1. The van der Waals surface area contributed by atoms with Crippen LogP contribution in [0.4, 0.5) is 0 Å². The SMILES string of the molecule is Cc1cc(OC(=O)C2CCCCC2)cc2c1C(=O)/C(=C/c1ccccc1)O2. The fourth-order valence-electron chi connectivity index (χ4n) is 3.77. The Kier molecular flexibility index (Phi) is 4.80. The van der Waals surface area contributed by atoms with Gasteiger partial charge in [0, 0.05) is 6.07 Å². The molecule has 27 heavy (non-hydrogen) atoms. The van der Waals surface area contributed by atoms with Crippen molar-refractivity contribution in [3.8, 4) is 11.5 Å². The Labute approximate surface area is 158 Å². The summed E-state index contributed by atoms with van der Waals surface area (Å²) in [7, 11) is 0. The van der Waals surface area contributed by atoms with E-state index in [0.29, 0.717) is 17.1 Å². The van der Waals surface area contributed by atoms with Crippen molar-refractivity contribution in [1.29, 1.82) is 0 Å². The molecule has 4 nitrogen and oxygen atoms in total. The Bertz CT molecular complexity index is 905. The van der Waals surface area contributed by atoms with E-state index in [1.54, 1.807) is 18.2 Å². The maximum Gasteiger partial charge on any atom is 0.314 e. The van der Waals surface area contributed by atoms with Crippen LogP contribution in [-0.4, -0.2) is 11.8 Å². The lowest BCUT2D eigenvalue weighted by Gasteiger charge is -2.20. The summed E-state index contributed by atoms with van der Waals surface area (Å²) in [5.41, 5.74) is 2.19. The summed E-state index contributed by atoms with van der Waals surface area (Å²) in [5, 5.41) is 0. The second-order valence-corrected chi connectivity index (χ2v) is 7.22. The second-order valence-electron chi connectivity index (χ2n) is 7.22. The molecule has 1 aliphatic heterocycles. The van der Waals surface area contributed by atoms with Crippen molar-refractivity contribution in [1.82, 2.24) is 0 Å². The number of ketones is 1. The van der Waals surface area contributed by atoms with Gasteiger partial charge in [0.15, 0.2) is 5.76 Å². The molecule has 2 aromatic carbocycles. The van der Waals surface area contributed by atoms with Crippen molar-refractivity contribution in [2.75, 3.05) is 0 Å². The molecule has 0 bridgehead atoms. The first-order valence-electron chi connectivity index (χ1n) is 9.47. The quantitative estimate of drug-likeness (QED) is 0.433. The minimum Gasteiger partial charge on any atom is -0.452 e. The van der Waals surface area contributed by atoms with E-state index in [2.05, 4.69) is 0 Å². The molecule has 1 aliphatic carbocycles. The molecule has 0 atom stereocenters. The van der Waals surface area contributed by atoms with Gasteiger partial charge in [-0.1, -0.05) is 49.6 Å². The predicted octanol–water partition coefficient (Wildman–Crippen LogP) is 5.10. The molecule has 1 fully saturated rings. The minimum atomic E-state index is -0.182. The van der Waals surface area contributed by atoms with Crippen molar-refractivity contribution in [2.45, 2.75) is 39.0 Å². The third-order valence-electron chi connectivity index (χ3n) is 5.20. The molecule has 0 saturated heterocycles. The van der Waals surface area contributed by atoms with Gasteiger partial charge in [-0.15, -0.1) is 0 Å². The van der Waals surface area contributed by atoms with E-state index in [1.165, 1.54) is 6.42 Å². The second kappa shape index (κ2) is 7.39. The van der Waals surface area contributed by atoms with Crippen LogP contribution in [0.1, 0.15) is 53.6 Å². The maximum absolute atomic E-state index is 12.7. The van der Waals surface area contributed by atoms with E-state index in [9.17, 15) is 9.59 Å². The third-order valence-corrected chi connectivity index (χ3v) is 5.20. The number of aryl methyl sites for hydroxylation is 1. The Balaban J connectivity index is 1.56. The van der Waals surface area contributed by atoms with Crippen LogP contribution in [0.25, 0.3) is 6.08 Å². The number of allylic oxidation sites excluding steroid dienone is 1. The molecule has 0 radical (unpaired) electrons. The minimum absolute atomic E-state index is 0.0246. The van der Waals surface area contributed by atoms with Crippen LogP contribution in [0.15, 0.2) is 48.2 Å². The molecular weight excluding hydrogens is 340 g/mol. The molecule has 2 aliphatic rings. The van der Waals surface area contributed by atoms with Gasteiger partial charge in [0.05, 0.1) is 11.5 Å². The van der Waals surface area contributed by atoms with Gasteiger partial charge in [0.2, 0.25) is 5.78 Å². The Morgan fingerprint density at radius 2 is 1.85 bits per heavy atom. The highest BCUT2D eigenvalue weighted by atomic mass is 16.5. The largest absolute Gasteiger partial charge is 0.452 e. The highest BCUT2D eigenvalue weighted by molar-refractivity contribution is 6.15. The van der Waals surface area contributed by atoms with Crippen molar-refractivity contribution < 1.29 is 19.1 Å². The number of Topliss-reactive ketones (excluding diaryl/α,β-unsaturated/α-hetero) is 1. The van der Waals surface area contributed by atoms with Gasteiger partial charge in [0.25, 0.3) is 0 Å². The predicted molar refractivity (Wildman–Crippen MR) is 103 cm³/mol. The Morgan fingerprint density at radius 1 is 1.11 bits per heavy atom. The molecule has 0 unspecified atom stereocenters. The number of carbonyl (C=O) groups excluding carboxylic acids is 2. The number of hydrogen-bond donors (Lipinski definition) is 0. The monoisotopic (exact) mass is 362 g/mol. The molecule has 1 heterocycles. The van der Waals surface area contributed by atoms with E-state index in [1.807, 2.05) is 37.3 Å². The summed E-state index contributed by atoms with van der Waals surface area (Å²) in [6.45, 7) is 1.84. The summed E-state index contributed by atoms with van der Waals surface area (Å²) in [4.78, 5) is 25.1. The van der Waals surface area contributed by atoms with E-state index in [0.717, 1.165) is 36.8 Å². The first kappa shape index (κ1) is 17.5. The van der Waals surface area contributed by atoms with Crippen molar-refractivity contribution >= 4 is 17.8 Å². The van der Waals surface area contributed by atoms with Gasteiger partial charge in [-0.3, -0.25) is 9.59 Å². The van der Waals surface area contributed by atoms with Crippen LogP contribution >= 0.6 is 0 Å². The normalized spacial score (nSPS) is 18.3. The number of benzene rings is 2. The van der Waals surface area contributed by atoms with Gasteiger partial charge in [0.1, 0.15) is 11.5 Å². The Morgan fingerprint density at radius 3 is 2.59 bits per heavy atom. The van der Waals surface area contributed by atoms with Gasteiger partial charge < -0.3 is 9.47 Å². The first-order chi connectivity index (χ1) is 13.1. The molecule has 4 rings (SSSR count). The smallest absolute Gasteiger partial charge is 0.314 e.